The SMILES string of the molecule is COc1cc([C@](Cc2ccccc2)(N[S+]([O-])C(C)(C)C)c2cc(F)cc(OC(F)(F)C(F)F)c2)ccc1F. The topological polar surface area (TPSA) is 53.5 Å². The summed E-state index contributed by atoms with van der Waals surface area (Å²) in [4.78, 5) is 0. The average Bonchev–Trinajstić information content (AvgIpc) is 2.83. The van der Waals surface area contributed by atoms with Crippen LogP contribution in [-0.4, -0.2) is 28.9 Å². The molecule has 0 aromatic heterocycles. The molecule has 11 heteroatoms. The van der Waals surface area contributed by atoms with Gasteiger partial charge in [0.2, 0.25) is 0 Å². The molecule has 3 rings (SSSR count). The highest BCUT2D eigenvalue weighted by Gasteiger charge is 2.46. The number of alkyl halides is 4. The normalized spacial score (nSPS) is 14.7. The standard InChI is InChI=1S/C27H27F6NO3S/c1-25(2,3)38(35)34-26(16-17-8-6-5-7-9-17,18-10-11-22(29)23(14-18)36-4)19-12-20(28)15-21(13-19)37-27(32,33)24(30)31/h5-15,24,34H,16H2,1-4H3/t26-,38?/m0/s1. The first-order valence-electron chi connectivity index (χ1n) is 11.4. The molecule has 0 bridgehead atoms. The van der Waals surface area contributed by atoms with Gasteiger partial charge in [-0.3, -0.25) is 0 Å². The molecule has 1 unspecified atom stereocenters. The second-order valence-corrected chi connectivity index (χ2v) is 11.5. The lowest BCUT2D eigenvalue weighted by Crippen LogP contribution is -2.53. The first-order valence-corrected chi connectivity index (χ1v) is 12.6. The number of nitrogens with one attached hydrogen (secondary N) is 1. The van der Waals surface area contributed by atoms with E-state index in [1.807, 2.05) is 0 Å². The van der Waals surface area contributed by atoms with Crippen LogP contribution in [0, 0.1) is 11.6 Å². The van der Waals surface area contributed by atoms with E-state index in [4.69, 9.17) is 4.74 Å². The van der Waals surface area contributed by atoms with E-state index in [1.165, 1.54) is 19.2 Å². The number of methoxy groups -OCH3 is 1. The minimum atomic E-state index is -4.89. The zero-order chi connectivity index (χ0) is 28.3. The molecule has 3 aromatic carbocycles. The van der Waals surface area contributed by atoms with Crippen molar-refractivity contribution >= 4 is 11.4 Å². The van der Waals surface area contributed by atoms with Crippen LogP contribution in [0.5, 0.6) is 11.5 Å². The zero-order valence-corrected chi connectivity index (χ0v) is 21.9. The average molecular weight is 560 g/mol. The molecule has 38 heavy (non-hydrogen) atoms. The quantitative estimate of drug-likeness (QED) is 0.221. The van der Waals surface area contributed by atoms with Crippen molar-refractivity contribution in [1.82, 2.24) is 4.72 Å². The Labute approximate surface area is 220 Å². The fourth-order valence-corrected chi connectivity index (χ4v) is 4.66. The van der Waals surface area contributed by atoms with Crippen LogP contribution in [-0.2, 0) is 23.3 Å². The molecular formula is C27H27F6NO3S. The van der Waals surface area contributed by atoms with E-state index in [1.54, 1.807) is 51.1 Å². The summed E-state index contributed by atoms with van der Waals surface area (Å²) < 4.78 is 107. The summed E-state index contributed by atoms with van der Waals surface area (Å²) in [5, 5.41) is 0. The summed E-state index contributed by atoms with van der Waals surface area (Å²) in [6.45, 7) is 5.04. The summed E-state index contributed by atoms with van der Waals surface area (Å²) in [7, 11) is 1.24. The highest BCUT2D eigenvalue weighted by molar-refractivity contribution is 7.90. The maximum absolute atomic E-state index is 14.9. The van der Waals surface area contributed by atoms with Gasteiger partial charge >= 0.3 is 12.5 Å². The summed E-state index contributed by atoms with van der Waals surface area (Å²) in [6, 6.07) is 14.9. The van der Waals surface area contributed by atoms with Gasteiger partial charge in [-0.2, -0.15) is 17.6 Å². The third kappa shape index (κ3) is 6.75. The number of rotatable bonds is 10. The molecule has 1 N–H and O–H groups in total. The molecule has 0 aliphatic rings. The Kier molecular flexibility index (Phi) is 8.95. The first kappa shape index (κ1) is 29.7. The van der Waals surface area contributed by atoms with Crippen molar-refractivity contribution in [3.8, 4) is 11.5 Å². The summed E-state index contributed by atoms with van der Waals surface area (Å²) in [5.74, 6) is -2.83. The second-order valence-electron chi connectivity index (χ2n) is 9.54. The van der Waals surface area contributed by atoms with Crippen molar-refractivity contribution in [2.24, 2.45) is 0 Å². The van der Waals surface area contributed by atoms with Crippen LogP contribution in [0.1, 0.15) is 37.5 Å². The predicted molar refractivity (Wildman–Crippen MR) is 133 cm³/mol. The molecule has 0 radical (unpaired) electrons. The van der Waals surface area contributed by atoms with Gasteiger partial charge < -0.3 is 14.0 Å². The molecule has 206 valence electrons. The summed E-state index contributed by atoms with van der Waals surface area (Å²) >= 11 is -1.85. The molecule has 0 aliphatic heterocycles. The maximum atomic E-state index is 14.9. The van der Waals surface area contributed by atoms with Gasteiger partial charge in [-0.25, -0.2) is 8.78 Å². The maximum Gasteiger partial charge on any atom is 0.461 e. The van der Waals surface area contributed by atoms with Gasteiger partial charge in [0.05, 0.1) is 7.11 Å². The molecule has 2 atom stereocenters. The lowest BCUT2D eigenvalue weighted by Gasteiger charge is -2.39. The molecule has 0 saturated carbocycles. The van der Waals surface area contributed by atoms with Crippen molar-refractivity contribution in [2.45, 2.75) is 50.0 Å². The van der Waals surface area contributed by atoms with Gasteiger partial charge in [-0.15, -0.1) is 4.72 Å². The van der Waals surface area contributed by atoms with Crippen LogP contribution in [0.4, 0.5) is 26.3 Å². The van der Waals surface area contributed by atoms with Crippen LogP contribution in [0.15, 0.2) is 66.7 Å². The third-order valence-corrected chi connectivity index (χ3v) is 7.30. The van der Waals surface area contributed by atoms with Crippen molar-refractivity contribution in [3.05, 3.63) is 95.1 Å². The van der Waals surface area contributed by atoms with E-state index in [2.05, 4.69) is 9.46 Å². The van der Waals surface area contributed by atoms with Gasteiger partial charge in [0.25, 0.3) is 0 Å². The molecule has 0 heterocycles. The van der Waals surface area contributed by atoms with Gasteiger partial charge in [0, 0.05) is 23.8 Å². The molecular weight excluding hydrogens is 532 g/mol. The van der Waals surface area contributed by atoms with E-state index in [9.17, 15) is 30.9 Å². The smallest absolute Gasteiger partial charge is 0.461 e. The number of hydrogen-bond acceptors (Lipinski definition) is 4. The van der Waals surface area contributed by atoms with Gasteiger partial charge in [-0.1, -0.05) is 36.4 Å². The van der Waals surface area contributed by atoms with Crippen molar-refractivity contribution < 1.29 is 40.4 Å². The lowest BCUT2D eigenvalue weighted by molar-refractivity contribution is -0.253. The van der Waals surface area contributed by atoms with Gasteiger partial charge in [-0.05, 0) is 61.7 Å². The van der Waals surface area contributed by atoms with E-state index in [0.717, 1.165) is 18.2 Å². The number of halogens is 6. The predicted octanol–water partition coefficient (Wildman–Crippen LogP) is 6.75. The first-order chi connectivity index (χ1) is 17.7. The Bertz CT molecular complexity index is 1240. The van der Waals surface area contributed by atoms with Crippen LogP contribution < -0.4 is 14.2 Å². The Morgan fingerprint density at radius 1 is 0.921 bits per heavy atom. The third-order valence-electron chi connectivity index (χ3n) is 5.65. The van der Waals surface area contributed by atoms with Crippen LogP contribution in [0.2, 0.25) is 0 Å². The molecule has 0 saturated heterocycles. The van der Waals surface area contributed by atoms with Gasteiger partial charge in [0.1, 0.15) is 21.9 Å². The zero-order valence-electron chi connectivity index (χ0n) is 21.0. The minimum Gasteiger partial charge on any atom is -0.598 e. The second kappa shape index (κ2) is 11.5. The van der Waals surface area contributed by atoms with E-state index < -0.39 is 51.6 Å². The van der Waals surface area contributed by atoms with Crippen LogP contribution in [0.25, 0.3) is 0 Å². The van der Waals surface area contributed by atoms with Crippen LogP contribution in [0.3, 0.4) is 0 Å². The molecule has 0 fully saturated rings. The fraction of sp³-hybridized carbons (Fsp3) is 0.333. The van der Waals surface area contributed by atoms with E-state index in [0.29, 0.717) is 11.6 Å². The largest absolute Gasteiger partial charge is 0.598 e. The number of ether oxygens (including phenoxy) is 2. The highest BCUT2D eigenvalue weighted by atomic mass is 32.2. The summed E-state index contributed by atoms with van der Waals surface area (Å²) in [6.07, 6.45) is -9.09. The monoisotopic (exact) mass is 559 g/mol. The molecule has 0 amide bonds. The fourth-order valence-electron chi connectivity index (χ4n) is 3.73. The minimum absolute atomic E-state index is 0.0292. The number of benzene rings is 3. The number of hydrogen-bond donors (Lipinski definition) is 1. The molecule has 0 spiro atoms. The van der Waals surface area contributed by atoms with E-state index >= 15 is 0 Å². The summed E-state index contributed by atoms with van der Waals surface area (Å²) in [5.41, 5.74) is -0.832. The van der Waals surface area contributed by atoms with Gasteiger partial charge in [0.15, 0.2) is 11.6 Å². The van der Waals surface area contributed by atoms with Crippen molar-refractivity contribution in [1.29, 1.82) is 0 Å². The molecule has 4 nitrogen and oxygen atoms in total. The highest BCUT2D eigenvalue weighted by Crippen LogP contribution is 2.40. The van der Waals surface area contributed by atoms with Crippen molar-refractivity contribution in [2.75, 3.05) is 7.11 Å². The van der Waals surface area contributed by atoms with Crippen LogP contribution >= 0.6 is 0 Å². The Hall–Kier alpha value is -2.89. The lowest BCUT2D eigenvalue weighted by atomic mass is 9.78. The molecule has 0 aliphatic carbocycles. The van der Waals surface area contributed by atoms with E-state index in [-0.39, 0.29) is 23.3 Å². The Morgan fingerprint density at radius 2 is 1.58 bits per heavy atom. The molecule has 3 aromatic rings. The Morgan fingerprint density at radius 3 is 2.16 bits per heavy atom. The Balaban J connectivity index is 2.34. The van der Waals surface area contributed by atoms with Crippen molar-refractivity contribution in [3.63, 3.8) is 0 Å².